The maximum absolute atomic E-state index is 11.9. The summed E-state index contributed by atoms with van der Waals surface area (Å²) in [7, 11) is 1.54. The van der Waals surface area contributed by atoms with Gasteiger partial charge in [0.15, 0.2) is 0 Å². The molecule has 3 aromatic rings. The summed E-state index contributed by atoms with van der Waals surface area (Å²) in [5, 5.41) is 18.9. The second-order valence-corrected chi connectivity index (χ2v) is 5.63. The fraction of sp³-hybridized carbons (Fsp3) is 0.100. The van der Waals surface area contributed by atoms with E-state index in [1.807, 2.05) is 42.5 Å². The summed E-state index contributed by atoms with van der Waals surface area (Å²) < 4.78 is 5.09. The number of phenolic OH excluding ortho intramolecular Hbond substituents is 1. The molecule has 3 N–H and O–H groups in total. The number of fused-ring (bicyclic) bond motifs is 1. The van der Waals surface area contributed by atoms with Crippen LogP contribution in [0.25, 0.3) is 10.8 Å². The molecule has 1 amide bonds. The van der Waals surface area contributed by atoms with Gasteiger partial charge in [-0.3, -0.25) is 4.79 Å². The Balaban J connectivity index is 1.55. The fourth-order valence-corrected chi connectivity index (χ4v) is 2.46. The van der Waals surface area contributed by atoms with Gasteiger partial charge in [-0.25, -0.2) is 5.43 Å². The average Bonchev–Trinajstić information content (AvgIpc) is 2.67. The van der Waals surface area contributed by atoms with E-state index in [2.05, 4.69) is 15.8 Å². The molecule has 6 heteroatoms. The first kappa shape index (κ1) is 17.3. The van der Waals surface area contributed by atoms with E-state index in [4.69, 9.17) is 4.74 Å². The van der Waals surface area contributed by atoms with Crippen LogP contribution in [0.1, 0.15) is 5.56 Å². The number of nitrogens with zero attached hydrogens (tertiary/aromatic N) is 1. The van der Waals surface area contributed by atoms with Crippen LogP contribution in [0.2, 0.25) is 0 Å². The second kappa shape index (κ2) is 8.02. The highest BCUT2D eigenvalue weighted by molar-refractivity contribution is 5.88. The lowest BCUT2D eigenvalue weighted by molar-refractivity contribution is -0.119. The molecule has 0 heterocycles. The molecule has 6 nitrogen and oxygen atoms in total. The van der Waals surface area contributed by atoms with Crippen molar-refractivity contribution in [1.29, 1.82) is 0 Å². The second-order valence-electron chi connectivity index (χ2n) is 5.63. The van der Waals surface area contributed by atoms with E-state index < -0.39 is 0 Å². The van der Waals surface area contributed by atoms with Crippen molar-refractivity contribution in [2.45, 2.75) is 0 Å². The molecular weight excluding hydrogens is 330 g/mol. The summed E-state index contributed by atoms with van der Waals surface area (Å²) in [5.74, 6) is 0.350. The normalized spacial score (nSPS) is 10.8. The van der Waals surface area contributed by atoms with Crippen LogP contribution >= 0.6 is 0 Å². The number of hydrogen-bond acceptors (Lipinski definition) is 5. The van der Waals surface area contributed by atoms with Crippen LogP contribution in [0, 0.1) is 0 Å². The van der Waals surface area contributed by atoms with Gasteiger partial charge < -0.3 is 15.2 Å². The standard InChI is InChI=1S/C20H19N3O3/c1-26-18-8-9-19(24)16(11-18)12-22-23-20(25)13-21-17-7-6-14-4-2-3-5-15(14)10-17/h2-12,21,24H,13H2,1H3,(H,23,25). The van der Waals surface area contributed by atoms with E-state index in [0.29, 0.717) is 11.3 Å². The van der Waals surface area contributed by atoms with Crippen LogP contribution in [0.15, 0.2) is 65.8 Å². The molecule has 3 rings (SSSR count). The lowest BCUT2D eigenvalue weighted by Gasteiger charge is -2.07. The van der Waals surface area contributed by atoms with Crippen LogP contribution in [-0.4, -0.2) is 30.9 Å². The van der Waals surface area contributed by atoms with Crippen molar-refractivity contribution in [3.8, 4) is 11.5 Å². The molecule has 0 aliphatic carbocycles. The van der Waals surface area contributed by atoms with Crippen molar-refractivity contribution < 1.29 is 14.6 Å². The van der Waals surface area contributed by atoms with Crippen molar-refractivity contribution in [2.75, 3.05) is 19.0 Å². The van der Waals surface area contributed by atoms with Gasteiger partial charge in [0.05, 0.1) is 19.9 Å². The lowest BCUT2D eigenvalue weighted by Crippen LogP contribution is -2.25. The summed E-state index contributed by atoms with van der Waals surface area (Å²) >= 11 is 0. The third-order valence-electron chi connectivity index (χ3n) is 3.83. The van der Waals surface area contributed by atoms with Crippen LogP contribution in [0.3, 0.4) is 0 Å². The number of phenols is 1. The van der Waals surface area contributed by atoms with Crippen LogP contribution in [0.4, 0.5) is 5.69 Å². The minimum absolute atomic E-state index is 0.0538. The number of benzene rings is 3. The molecule has 0 spiro atoms. The highest BCUT2D eigenvalue weighted by Crippen LogP contribution is 2.21. The molecule has 0 atom stereocenters. The molecule has 0 aromatic heterocycles. The number of methoxy groups -OCH3 is 1. The Labute approximate surface area is 151 Å². The number of nitrogens with one attached hydrogen (secondary N) is 2. The smallest absolute Gasteiger partial charge is 0.259 e. The Morgan fingerprint density at radius 3 is 2.73 bits per heavy atom. The minimum Gasteiger partial charge on any atom is -0.507 e. The van der Waals surface area contributed by atoms with E-state index in [1.54, 1.807) is 12.1 Å². The van der Waals surface area contributed by atoms with Gasteiger partial charge in [-0.15, -0.1) is 0 Å². The molecule has 0 aliphatic heterocycles. The van der Waals surface area contributed by atoms with Crippen molar-refractivity contribution in [2.24, 2.45) is 5.10 Å². The molecule has 0 radical (unpaired) electrons. The van der Waals surface area contributed by atoms with Crippen molar-refractivity contribution in [1.82, 2.24) is 5.43 Å². The Bertz CT molecular complexity index is 954. The van der Waals surface area contributed by atoms with Crippen molar-refractivity contribution in [3.63, 3.8) is 0 Å². The molecule has 26 heavy (non-hydrogen) atoms. The summed E-state index contributed by atoms with van der Waals surface area (Å²) in [6.07, 6.45) is 1.37. The Morgan fingerprint density at radius 1 is 1.12 bits per heavy atom. The zero-order valence-electron chi connectivity index (χ0n) is 14.3. The van der Waals surface area contributed by atoms with Gasteiger partial charge in [0.2, 0.25) is 0 Å². The van der Waals surface area contributed by atoms with E-state index >= 15 is 0 Å². The van der Waals surface area contributed by atoms with Gasteiger partial charge in [-0.05, 0) is 41.1 Å². The summed E-state index contributed by atoms with van der Waals surface area (Å²) in [4.78, 5) is 11.9. The number of hydrogen-bond donors (Lipinski definition) is 3. The largest absolute Gasteiger partial charge is 0.507 e. The van der Waals surface area contributed by atoms with E-state index in [-0.39, 0.29) is 18.2 Å². The molecule has 3 aromatic carbocycles. The summed E-state index contributed by atoms with van der Waals surface area (Å²) in [5.41, 5.74) is 3.73. The number of ether oxygens (including phenoxy) is 1. The maximum atomic E-state index is 11.9. The van der Waals surface area contributed by atoms with Crippen LogP contribution in [-0.2, 0) is 4.79 Å². The molecular formula is C20H19N3O3. The lowest BCUT2D eigenvalue weighted by atomic mass is 10.1. The van der Waals surface area contributed by atoms with Gasteiger partial charge in [-0.2, -0.15) is 5.10 Å². The fourth-order valence-electron chi connectivity index (χ4n) is 2.46. The van der Waals surface area contributed by atoms with E-state index in [1.165, 1.54) is 19.4 Å². The summed E-state index contributed by atoms with van der Waals surface area (Å²) in [6, 6.07) is 18.7. The van der Waals surface area contributed by atoms with Crippen molar-refractivity contribution >= 4 is 28.6 Å². The Morgan fingerprint density at radius 2 is 1.92 bits per heavy atom. The SMILES string of the molecule is COc1ccc(O)c(C=NNC(=O)CNc2ccc3ccccc3c2)c1. The topological polar surface area (TPSA) is 83.0 Å². The Hall–Kier alpha value is -3.54. The first-order valence-corrected chi connectivity index (χ1v) is 8.07. The number of aromatic hydroxyl groups is 1. The maximum Gasteiger partial charge on any atom is 0.259 e. The number of carbonyl (C=O) groups excluding carboxylic acids is 1. The number of amides is 1. The van der Waals surface area contributed by atoms with Crippen LogP contribution < -0.4 is 15.5 Å². The molecule has 0 unspecified atom stereocenters. The van der Waals surface area contributed by atoms with Gasteiger partial charge in [-0.1, -0.05) is 30.3 Å². The number of anilines is 1. The molecule has 0 saturated heterocycles. The van der Waals surface area contributed by atoms with Gasteiger partial charge >= 0.3 is 0 Å². The zero-order chi connectivity index (χ0) is 18.4. The van der Waals surface area contributed by atoms with Gasteiger partial charge in [0, 0.05) is 11.3 Å². The minimum atomic E-state index is -0.295. The van der Waals surface area contributed by atoms with E-state index in [0.717, 1.165) is 16.5 Å². The van der Waals surface area contributed by atoms with Gasteiger partial charge in [0.1, 0.15) is 11.5 Å². The molecule has 0 bridgehead atoms. The molecule has 0 saturated carbocycles. The Kier molecular flexibility index (Phi) is 5.34. The third kappa shape index (κ3) is 4.30. The predicted molar refractivity (Wildman–Crippen MR) is 103 cm³/mol. The van der Waals surface area contributed by atoms with Crippen molar-refractivity contribution in [3.05, 3.63) is 66.2 Å². The van der Waals surface area contributed by atoms with Crippen LogP contribution in [0.5, 0.6) is 11.5 Å². The van der Waals surface area contributed by atoms with E-state index in [9.17, 15) is 9.90 Å². The average molecular weight is 349 g/mol. The molecule has 0 fully saturated rings. The highest BCUT2D eigenvalue weighted by Gasteiger charge is 2.03. The quantitative estimate of drug-likeness (QED) is 0.472. The zero-order valence-corrected chi connectivity index (χ0v) is 14.3. The molecule has 0 aliphatic rings. The summed E-state index contributed by atoms with van der Waals surface area (Å²) in [6.45, 7) is 0.0831. The third-order valence-corrected chi connectivity index (χ3v) is 3.83. The molecule has 132 valence electrons. The first-order valence-electron chi connectivity index (χ1n) is 8.07. The highest BCUT2D eigenvalue weighted by atomic mass is 16.5. The van der Waals surface area contributed by atoms with Gasteiger partial charge in [0.25, 0.3) is 5.91 Å². The number of carbonyl (C=O) groups is 1. The number of rotatable bonds is 6. The predicted octanol–water partition coefficient (Wildman–Crippen LogP) is 3.12. The number of hydrazone groups is 1. The monoisotopic (exact) mass is 349 g/mol. The first-order chi connectivity index (χ1) is 12.7.